The van der Waals surface area contributed by atoms with Gasteiger partial charge >= 0.3 is 0 Å². The van der Waals surface area contributed by atoms with Gasteiger partial charge in [0.25, 0.3) is 0 Å². The molecule has 4 heteroatoms. The second kappa shape index (κ2) is 8.18. The average Bonchev–Trinajstić information content (AvgIpc) is 3.20. The Hall–Kier alpha value is -4.85. The van der Waals surface area contributed by atoms with Crippen LogP contribution in [0.4, 0.5) is 5.69 Å². The highest BCUT2D eigenvalue weighted by molar-refractivity contribution is 6.11. The van der Waals surface area contributed by atoms with Crippen LogP contribution in [0.5, 0.6) is 0 Å². The molecule has 0 amide bonds. The van der Waals surface area contributed by atoms with Gasteiger partial charge in [0.05, 0.1) is 41.0 Å². The molecule has 0 aliphatic heterocycles. The Bertz CT molecular complexity index is 1710. The van der Waals surface area contributed by atoms with E-state index in [9.17, 15) is 10.5 Å². The van der Waals surface area contributed by atoms with E-state index in [-0.39, 0.29) is 11.1 Å². The minimum atomic E-state index is -0.0341. The van der Waals surface area contributed by atoms with Crippen LogP contribution in [-0.4, -0.2) is 4.57 Å². The minimum absolute atomic E-state index is 0.0341. The Kier molecular flexibility index (Phi) is 5.13. The highest BCUT2D eigenvalue weighted by atomic mass is 15.0. The molecule has 4 nitrogen and oxygen atoms in total. The van der Waals surface area contributed by atoms with E-state index in [1.165, 1.54) is 5.56 Å². The molecule has 0 saturated heterocycles. The zero-order valence-corrected chi connectivity index (χ0v) is 19.8. The first kappa shape index (κ1) is 22.0. The molecule has 1 heterocycles. The maximum Gasteiger partial charge on any atom is 0.213 e. The van der Waals surface area contributed by atoms with Crippen LogP contribution in [0.3, 0.4) is 0 Å². The van der Waals surface area contributed by atoms with Crippen LogP contribution in [-0.2, 0) is 5.41 Å². The number of hydrogen-bond acceptors (Lipinski definition) is 2. The van der Waals surface area contributed by atoms with Gasteiger partial charge in [-0.1, -0.05) is 63.2 Å². The van der Waals surface area contributed by atoms with Gasteiger partial charge in [0.1, 0.15) is 0 Å². The van der Waals surface area contributed by atoms with E-state index in [2.05, 4.69) is 86.3 Å². The van der Waals surface area contributed by atoms with Crippen molar-refractivity contribution in [2.24, 2.45) is 0 Å². The van der Waals surface area contributed by atoms with Crippen LogP contribution in [0.25, 0.3) is 43.5 Å². The Morgan fingerprint density at radius 2 is 1.46 bits per heavy atom. The van der Waals surface area contributed by atoms with Gasteiger partial charge in [-0.15, -0.1) is 0 Å². The molecule has 0 bridgehead atoms. The van der Waals surface area contributed by atoms with Gasteiger partial charge in [0, 0.05) is 16.3 Å². The van der Waals surface area contributed by atoms with Crippen molar-refractivity contribution in [1.29, 1.82) is 10.5 Å². The number of nitriles is 2. The summed E-state index contributed by atoms with van der Waals surface area (Å²) in [4.78, 5) is 3.71. The highest BCUT2D eigenvalue weighted by Crippen LogP contribution is 2.40. The summed E-state index contributed by atoms with van der Waals surface area (Å²) in [7, 11) is 0. The predicted octanol–water partition coefficient (Wildman–Crippen LogP) is 8.04. The van der Waals surface area contributed by atoms with Gasteiger partial charge in [-0.3, -0.25) is 0 Å². The third-order valence-electron chi connectivity index (χ3n) is 6.42. The van der Waals surface area contributed by atoms with Crippen molar-refractivity contribution >= 4 is 27.5 Å². The number of fused-ring (bicyclic) bond motifs is 3. The lowest BCUT2D eigenvalue weighted by molar-refractivity contribution is 0.591. The maximum atomic E-state index is 9.97. The van der Waals surface area contributed by atoms with E-state index in [1.54, 1.807) is 12.1 Å². The summed E-state index contributed by atoms with van der Waals surface area (Å²) in [5, 5.41) is 21.5. The quantitative estimate of drug-likeness (QED) is 0.256. The van der Waals surface area contributed by atoms with Gasteiger partial charge in [-0.25, -0.2) is 4.85 Å². The zero-order valence-electron chi connectivity index (χ0n) is 19.8. The van der Waals surface area contributed by atoms with Crippen LogP contribution >= 0.6 is 0 Å². The first-order chi connectivity index (χ1) is 16.9. The molecule has 0 aliphatic rings. The molecule has 0 spiro atoms. The first-order valence-corrected chi connectivity index (χ1v) is 11.4. The summed E-state index contributed by atoms with van der Waals surface area (Å²) in [5.41, 5.74) is 6.64. The maximum absolute atomic E-state index is 9.97. The fraction of sp³-hybridized carbons (Fsp3) is 0.129. The fourth-order valence-corrected chi connectivity index (χ4v) is 4.63. The monoisotopic (exact) mass is 450 g/mol. The average molecular weight is 451 g/mol. The molecule has 5 aromatic rings. The molecule has 5 rings (SSSR count). The Balaban J connectivity index is 1.94. The van der Waals surface area contributed by atoms with E-state index in [1.807, 2.05) is 22.8 Å². The molecule has 0 N–H and O–H groups in total. The van der Waals surface area contributed by atoms with Crippen LogP contribution < -0.4 is 0 Å². The van der Waals surface area contributed by atoms with Gasteiger partial charge < -0.3 is 4.57 Å². The van der Waals surface area contributed by atoms with Crippen molar-refractivity contribution in [2.75, 3.05) is 0 Å². The molecule has 0 fully saturated rings. The van der Waals surface area contributed by atoms with E-state index in [0.717, 1.165) is 32.9 Å². The smallest absolute Gasteiger partial charge is 0.213 e. The second-order valence-electron chi connectivity index (χ2n) is 9.64. The lowest BCUT2D eigenvalue weighted by Gasteiger charge is -2.19. The van der Waals surface area contributed by atoms with Crippen molar-refractivity contribution < 1.29 is 0 Å². The van der Waals surface area contributed by atoms with E-state index >= 15 is 0 Å². The van der Waals surface area contributed by atoms with Crippen molar-refractivity contribution in [3.05, 3.63) is 107 Å². The first-order valence-electron chi connectivity index (χ1n) is 11.4. The van der Waals surface area contributed by atoms with Crippen LogP contribution in [0, 0.1) is 29.2 Å². The van der Waals surface area contributed by atoms with Gasteiger partial charge in [-0.05, 0) is 58.5 Å². The van der Waals surface area contributed by atoms with Crippen molar-refractivity contribution in [3.63, 3.8) is 0 Å². The molecular formula is C31H22N4. The number of aromatic nitrogens is 1. The second-order valence-corrected chi connectivity index (χ2v) is 9.64. The molecule has 0 radical (unpaired) electrons. The van der Waals surface area contributed by atoms with Gasteiger partial charge in [-0.2, -0.15) is 10.5 Å². The summed E-state index contributed by atoms with van der Waals surface area (Å²) in [6.45, 7) is 14.4. The largest absolute Gasteiger partial charge is 0.318 e. The van der Waals surface area contributed by atoms with Gasteiger partial charge in [0.2, 0.25) is 5.69 Å². The SMILES string of the molecule is [C-]#[N+]c1cc(C#N)cc(C#N)c1-n1c2ccc(-c3ccccc3)cc2c2cc(C(C)(C)C)ccc21. The van der Waals surface area contributed by atoms with E-state index in [0.29, 0.717) is 16.8 Å². The third kappa shape index (κ3) is 3.61. The summed E-state index contributed by atoms with van der Waals surface area (Å²) in [6.07, 6.45) is 0. The van der Waals surface area contributed by atoms with Crippen molar-refractivity contribution in [1.82, 2.24) is 4.57 Å². The minimum Gasteiger partial charge on any atom is -0.318 e. The van der Waals surface area contributed by atoms with Crippen LogP contribution in [0.15, 0.2) is 78.9 Å². The lowest BCUT2D eigenvalue weighted by Crippen LogP contribution is -2.10. The Morgan fingerprint density at radius 1 is 0.771 bits per heavy atom. The predicted molar refractivity (Wildman–Crippen MR) is 141 cm³/mol. The molecule has 1 aromatic heterocycles. The molecule has 0 aliphatic carbocycles. The number of benzene rings is 4. The van der Waals surface area contributed by atoms with Crippen LogP contribution in [0.2, 0.25) is 0 Å². The Labute approximate surface area is 204 Å². The Morgan fingerprint density at radius 3 is 2.09 bits per heavy atom. The molecule has 4 aromatic carbocycles. The highest BCUT2D eigenvalue weighted by Gasteiger charge is 2.22. The van der Waals surface area contributed by atoms with Gasteiger partial charge in [0.15, 0.2) is 0 Å². The van der Waals surface area contributed by atoms with Crippen molar-refractivity contribution in [2.45, 2.75) is 26.2 Å². The molecule has 0 unspecified atom stereocenters. The zero-order chi connectivity index (χ0) is 24.7. The topological polar surface area (TPSA) is 56.9 Å². The number of rotatable bonds is 2. The molecule has 166 valence electrons. The normalized spacial score (nSPS) is 11.2. The van der Waals surface area contributed by atoms with E-state index < -0.39 is 0 Å². The lowest BCUT2D eigenvalue weighted by atomic mass is 9.86. The van der Waals surface area contributed by atoms with Crippen LogP contribution in [0.1, 0.15) is 37.5 Å². The van der Waals surface area contributed by atoms with E-state index in [4.69, 9.17) is 6.57 Å². The summed E-state index contributed by atoms with van der Waals surface area (Å²) in [5.74, 6) is 0. The third-order valence-corrected chi connectivity index (χ3v) is 6.42. The standard InChI is InChI=1S/C31H22N4/c1-31(2,3)24-11-13-29-26(17-24)25-16-22(21-8-6-5-7-9-21)10-12-28(25)35(29)30-23(19-33)14-20(18-32)15-27(30)34-4/h5-17H,1-3H3. The van der Waals surface area contributed by atoms with Crippen molar-refractivity contribution in [3.8, 4) is 29.0 Å². The molecule has 0 atom stereocenters. The molecule has 0 saturated carbocycles. The number of nitrogens with zero attached hydrogens (tertiary/aromatic N) is 4. The summed E-state index contributed by atoms with van der Waals surface area (Å²) >= 11 is 0. The molecule has 35 heavy (non-hydrogen) atoms. The summed E-state index contributed by atoms with van der Waals surface area (Å²) in [6, 6.07) is 30.4. The fourth-order valence-electron chi connectivity index (χ4n) is 4.63. The number of hydrogen-bond donors (Lipinski definition) is 0. The summed E-state index contributed by atoms with van der Waals surface area (Å²) < 4.78 is 2.00. The molecular weight excluding hydrogens is 428 g/mol.